The predicted octanol–water partition coefficient (Wildman–Crippen LogP) is 1.67. The zero-order valence-electron chi connectivity index (χ0n) is 12.0. The quantitative estimate of drug-likeness (QED) is 0.796. The van der Waals surface area contributed by atoms with Crippen molar-refractivity contribution in [1.29, 1.82) is 0 Å². The summed E-state index contributed by atoms with van der Waals surface area (Å²) >= 11 is 0. The summed E-state index contributed by atoms with van der Waals surface area (Å²) in [5, 5.41) is 4.98. The number of fused-ring (bicyclic) bond motifs is 5. The van der Waals surface area contributed by atoms with E-state index >= 15 is 0 Å². The van der Waals surface area contributed by atoms with Crippen LogP contribution in [0, 0.1) is 0 Å². The molecule has 108 valence electrons. The number of hydrogen-bond acceptors (Lipinski definition) is 5. The number of anilines is 1. The maximum atomic E-state index is 4.67. The topological polar surface area (TPSA) is 53.9 Å². The Morgan fingerprint density at radius 3 is 3.14 bits per heavy atom. The summed E-state index contributed by atoms with van der Waals surface area (Å²) in [6, 6.07) is 3.84. The minimum atomic E-state index is 0.579. The average Bonchev–Trinajstić information content (AvgIpc) is 2.90. The molecule has 3 unspecified atom stereocenters. The predicted molar refractivity (Wildman–Crippen MR) is 81.4 cm³/mol. The molecule has 3 aliphatic heterocycles. The Hall–Kier alpha value is -1.75. The Kier molecular flexibility index (Phi) is 2.47. The Balaban J connectivity index is 1.74. The first-order valence-electron chi connectivity index (χ1n) is 8.01. The van der Waals surface area contributed by atoms with E-state index in [1.807, 2.05) is 12.3 Å². The van der Waals surface area contributed by atoms with Gasteiger partial charge in [-0.3, -0.25) is 4.98 Å². The van der Waals surface area contributed by atoms with Crippen LogP contribution in [0.3, 0.4) is 0 Å². The largest absolute Gasteiger partial charge is 0.350 e. The van der Waals surface area contributed by atoms with Gasteiger partial charge in [0.05, 0.1) is 16.6 Å². The van der Waals surface area contributed by atoms with Crippen molar-refractivity contribution in [3.63, 3.8) is 0 Å². The summed E-state index contributed by atoms with van der Waals surface area (Å²) in [6.07, 6.45) is 9.67. The van der Waals surface area contributed by atoms with Crippen molar-refractivity contribution in [1.82, 2.24) is 20.3 Å². The minimum absolute atomic E-state index is 0.579. The Morgan fingerprint density at radius 1 is 1.14 bits per heavy atom. The van der Waals surface area contributed by atoms with Gasteiger partial charge in [-0.2, -0.15) is 0 Å². The maximum Gasteiger partial charge on any atom is 0.142 e. The van der Waals surface area contributed by atoms with Crippen LogP contribution >= 0.6 is 0 Å². The normalized spacial score (nSPS) is 30.9. The van der Waals surface area contributed by atoms with Gasteiger partial charge in [-0.05, 0) is 38.2 Å². The molecule has 3 atom stereocenters. The van der Waals surface area contributed by atoms with E-state index in [0.717, 1.165) is 24.3 Å². The molecule has 1 N–H and O–H groups in total. The number of nitrogens with zero attached hydrogens (tertiary/aromatic N) is 4. The standard InChI is InChI=1S/C16H19N5/c1-2-12-15-13(6-7-17-12)18-9-19-16(15)21-8-10-4-5-11(20-10)14(21)3-1/h6-7,9-11,14,20H,1-5,8H2. The van der Waals surface area contributed by atoms with Crippen molar-refractivity contribution in [3.8, 4) is 0 Å². The second kappa shape index (κ2) is 4.37. The zero-order valence-corrected chi connectivity index (χ0v) is 12.0. The van der Waals surface area contributed by atoms with E-state index in [9.17, 15) is 0 Å². The molecule has 5 heterocycles. The average molecular weight is 281 g/mol. The van der Waals surface area contributed by atoms with Crippen LogP contribution < -0.4 is 10.2 Å². The molecule has 0 aliphatic carbocycles. The lowest BCUT2D eigenvalue weighted by Crippen LogP contribution is -2.58. The SMILES string of the molecule is c1cc2ncnc3c2c(n1)CCCC1C2CCC(CN31)N2. The summed E-state index contributed by atoms with van der Waals surface area (Å²) in [7, 11) is 0. The second-order valence-electron chi connectivity index (χ2n) is 6.51. The Bertz CT molecular complexity index is 695. The van der Waals surface area contributed by atoms with Gasteiger partial charge < -0.3 is 10.2 Å². The van der Waals surface area contributed by atoms with Crippen LogP contribution in [-0.2, 0) is 6.42 Å². The van der Waals surface area contributed by atoms with Gasteiger partial charge in [0.2, 0.25) is 0 Å². The first-order chi connectivity index (χ1) is 10.4. The zero-order chi connectivity index (χ0) is 13.8. The van der Waals surface area contributed by atoms with Gasteiger partial charge in [0.15, 0.2) is 0 Å². The van der Waals surface area contributed by atoms with Crippen LogP contribution in [0.2, 0.25) is 0 Å². The molecule has 5 rings (SSSR count). The molecule has 21 heavy (non-hydrogen) atoms. The van der Waals surface area contributed by atoms with Crippen LogP contribution in [0.5, 0.6) is 0 Å². The molecule has 2 saturated heterocycles. The Morgan fingerprint density at radius 2 is 2.14 bits per heavy atom. The number of nitrogens with one attached hydrogen (secondary N) is 1. The van der Waals surface area contributed by atoms with Crippen LogP contribution in [-0.4, -0.2) is 39.6 Å². The number of rotatable bonds is 0. The first-order valence-corrected chi connectivity index (χ1v) is 8.01. The molecule has 5 nitrogen and oxygen atoms in total. The van der Waals surface area contributed by atoms with Gasteiger partial charge in [0.25, 0.3) is 0 Å². The third-order valence-electron chi connectivity index (χ3n) is 5.35. The summed E-state index contributed by atoms with van der Waals surface area (Å²) in [5.74, 6) is 1.12. The van der Waals surface area contributed by atoms with Gasteiger partial charge >= 0.3 is 0 Å². The van der Waals surface area contributed by atoms with Crippen molar-refractivity contribution < 1.29 is 0 Å². The highest BCUT2D eigenvalue weighted by molar-refractivity contribution is 5.91. The monoisotopic (exact) mass is 281 g/mol. The highest BCUT2D eigenvalue weighted by atomic mass is 15.3. The number of piperazine rings is 1. The van der Waals surface area contributed by atoms with E-state index in [4.69, 9.17) is 0 Å². The lowest BCUT2D eigenvalue weighted by molar-refractivity contribution is 0.353. The molecule has 2 bridgehead atoms. The van der Waals surface area contributed by atoms with E-state index in [1.54, 1.807) is 6.33 Å². The number of aryl methyl sites for hydroxylation is 1. The fourth-order valence-electron chi connectivity index (χ4n) is 4.43. The number of pyridine rings is 1. The lowest BCUT2D eigenvalue weighted by atomic mass is 9.94. The van der Waals surface area contributed by atoms with Gasteiger partial charge in [-0.1, -0.05) is 0 Å². The first kappa shape index (κ1) is 11.9. The molecule has 5 heteroatoms. The highest BCUT2D eigenvalue weighted by Gasteiger charge is 2.41. The molecule has 0 spiro atoms. The van der Waals surface area contributed by atoms with Gasteiger partial charge in [0.1, 0.15) is 12.1 Å². The number of aromatic nitrogens is 3. The van der Waals surface area contributed by atoms with Crippen LogP contribution in [0.15, 0.2) is 18.6 Å². The van der Waals surface area contributed by atoms with Crippen molar-refractivity contribution in [2.45, 2.75) is 50.2 Å². The molecule has 0 amide bonds. The minimum Gasteiger partial charge on any atom is -0.350 e. The van der Waals surface area contributed by atoms with E-state index < -0.39 is 0 Å². The maximum absolute atomic E-state index is 4.67. The molecular formula is C16H19N5. The molecular weight excluding hydrogens is 262 g/mol. The van der Waals surface area contributed by atoms with E-state index in [1.165, 1.54) is 36.8 Å². The third-order valence-corrected chi connectivity index (χ3v) is 5.35. The van der Waals surface area contributed by atoms with Gasteiger partial charge in [0, 0.05) is 30.9 Å². The van der Waals surface area contributed by atoms with E-state index in [-0.39, 0.29) is 0 Å². The smallest absolute Gasteiger partial charge is 0.142 e. The molecule has 2 fully saturated rings. The summed E-state index contributed by atoms with van der Waals surface area (Å²) in [4.78, 5) is 16.3. The van der Waals surface area contributed by atoms with E-state index in [2.05, 4.69) is 25.2 Å². The number of hydrogen-bond donors (Lipinski definition) is 1. The van der Waals surface area contributed by atoms with Crippen molar-refractivity contribution in [2.24, 2.45) is 0 Å². The van der Waals surface area contributed by atoms with Crippen molar-refractivity contribution >= 4 is 16.7 Å². The fourth-order valence-corrected chi connectivity index (χ4v) is 4.43. The fraction of sp³-hybridized carbons (Fsp3) is 0.562. The van der Waals surface area contributed by atoms with Crippen LogP contribution in [0.4, 0.5) is 5.82 Å². The van der Waals surface area contributed by atoms with Crippen molar-refractivity contribution in [3.05, 3.63) is 24.3 Å². The molecule has 0 saturated carbocycles. The van der Waals surface area contributed by atoms with Crippen LogP contribution in [0.25, 0.3) is 10.9 Å². The summed E-state index contributed by atoms with van der Waals surface area (Å²) in [5.41, 5.74) is 2.21. The third kappa shape index (κ3) is 1.70. The summed E-state index contributed by atoms with van der Waals surface area (Å²) < 4.78 is 0. The lowest BCUT2D eigenvalue weighted by Gasteiger charge is -2.43. The van der Waals surface area contributed by atoms with Gasteiger partial charge in [-0.25, -0.2) is 9.97 Å². The van der Waals surface area contributed by atoms with E-state index in [0.29, 0.717) is 18.1 Å². The molecule has 3 aliphatic rings. The second-order valence-corrected chi connectivity index (χ2v) is 6.51. The molecule has 0 radical (unpaired) electrons. The summed E-state index contributed by atoms with van der Waals surface area (Å²) in [6.45, 7) is 1.07. The Labute approximate surface area is 123 Å². The molecule has 2 aromatic heterocycles. The van der Waals surface area contributed by atoms with Crippen molar-refractivity contribution in [2.75, 3.05) is 11.4 Å². The highest BCUT2D eigenvalue weighted by Crippen LogP contribution is 2.37. The van der Waals surface area contributed by atoms with Crippen LogP contribution in [0.1, 0.15) is 31.4 Å². The molecule has 2 aromatic rings. The van der Waals surface area contributed by atoms with Gasteiger partial charge in [-0.15, -0.1) is 0 Å². The molecule has 0 aromatic carbocycles.